The number of benzene rings is 1. The van der Waals surface area contributed by atoms with E-state index in [-0.39, 0.29) is 5.91 Å². The van der Waals surface area contributed by atoms with Gasteiger partial charge in [0.25, 0.3) is 5.91 Å². The van der Waals surface area contributed by atoms with Crippen molar-refractivity contribution in [2.45, 2.75) is 39.7 Å². The predicted molar refractivity (Wildman–Crippen MR) is 88.1 cm³/mol. The first-order chi connectivity index (χ1) is 10.1. The van der Waals surface area contributed by atoms with Crippen LogP contribution in [0.2, 0.25) is 0 Å². The number of nitrogens with one attached hydrogen (secondary N) is 1. The molecule has 1 aliphatic heterocycles. The number of hydrazone groups is 1. The fraction of sp³-hybridized carbons (Fsp3) is 0.500. The van der Waals surface area contributed by atoms with Gasteiger partial charge in [0.05, 0.1) is 0 Å². The molecule has 4 nitrogen and oxygen atoms in total. The molecule has 0 radical (unpaired) electrons. The lowest BCUT2D eigenvalue weighted by atomic mass is 10.1. The van der Waals surface area contributed by atoms with Gasteiger partial charge in [-0.1, -0.05) is 12.1 Å². The standard InChI is InChI=1S/C16H22N2O2S/c1-11-5-4-6-15(12(11)2)20-13(3)16(19)18-17-14-7-9-21-10-8-14/h4-6,13H,7-10H2,1-3H3,(H,18,19)/t13-/m0/s1. The van der Waals surface area contributed by atoms with E-state index in [0.717, 1.165) is 46.9 Å². The summed E-state index contributed by atoms with van der Waals surface area (Å²) in [5.41, 5.74) is 5.91. The number of hydrogen-bond acceptors (Lipinski definition) is 4. The van der Waals surface area contributed by atoms with Crippen LogP contribution in [-0.4, -0.2) is 29.2 Å². The zero-order valence-electron chi connectivity index (χ0n) is 12.8. The van der Waals surface area contributed by atoms with E-state index in [4.69, 9.17) is 4.74 Å². The van der Waals surface area contributed by atoms with Crippen molar-refractivity contribution in [2.24, 2.45) is 5.10 Å². The number of nitrogens with zero attached hydrogens (tertiary/aromatic N) is 1. The molecular weight excluding hydrogens is 284 g/mol. The molecule has 0 aromatic heterocycles. The van der Waals surface area contributed by atoms with E-state index in [1.54, 1.807) is 6.92 Å². The molecule has 0 unspecified atom stereocenters. The molecule has 1 aromatic rings. The van der Waals surface area contributed by atoms with E-state index >= 15 is 0 Å². The highest BCUT2D eigenvalue weighted by atomic mass is 32.2. The van der Waals surface area contributed by atoms with E-state index < -0.39 is 6.10 Å². The summed E-state index contributed by atoms with van der Waals surface area (Å²) in [6.45, 7) is 5.77. The first-order valence-corrected chi connectivity index (χ1v) is 8.39. The Morgan fingerprint density at radius 2 is 2.05 bits per heavy atom. The van der Waals surface area contributed by atoms with Gasteiger partial charge in [-0.25, -0.2) is 5.43 Å². The average molecular weight is 306 g/mol. The lowest BCUT2D eigenvalue weighted by Crippen LogP contribution is -2.34. The van der Waals surface area contributed by atoms with Crippen molar-refractivity contribution in [2.75, 3.05) is 11.5 Å². The summed E-state index contributed by atoms with van der Waals surface area (Å²) in [6, 6.07) is 5.85. The van der Waals surface area contributed by atoms with E-state index in [2.05, 4.69) is 10.5 Å². The van der Waals surface area contributed by atoms with Gasteiger partial charge in [-0.2, -0.15) is 16.9 Å². The van der Waals surface area contributed by atoms with E-state index in [1.165, 1.54) is 0 Å². The maximum absolute atomic E-state index is 12.0. The largest absolute Gasteiger partial charge is 0.481 e. The van der Waals surface area contributed by atoms with Crippen molar-refractivity contribution in [3.63, 3.8) is 0 Å². The fourth-order valence-electron chi connectivity index (χ4n) is 2.04. The second-order valence-corrected chi connectivity index (χ2v) is 6.45. The Morgan fingerprint density at radius 1 is 1.33 bits per heavy atom. The van der Waals surface area contributed by atoms with Gasteiger partial charge in [0.2, 0.25) is 0 Å². The minimum Gasteiger partial charge on any atom is -0.481 e. The zero-order chi connectivity index (χ0) is 15.2. The quantitative estimate of drug-likeness (QED) is 0.870. The molecule has 1 aromatic carbocycles. The highest BCUT2D eigenvalue weighted by Crippen LogP contribution is 2.21. The summed E-state index contributed by atoms with van der Waals surface area (Å²) < 4.78 is 5.74. The SMILES string of the molecule is Cc1cccc(O[C@@H](C)C(=O)NN=C2CCSCC2)c1C. The Labute approximate surface area is 130 Å². The minimum atomic E-state index is -0.562. The normalized spacial score (nSPS) is 16.2. The molecule has 0 spiro atoms. The summed E-state index contributed by atoms with van der Waals surface area (Å²) in [6.07, 6.45) is 1.35. The third-order valence-electron chi connectivity index (χ3n) is 3.62. The second-order valence-electron chi connectivity index (χ2n) is 5.22. The van der Waals surface area contributed by atoms with Crippen LogP contribution in [0.1, 0.15) is 30.9 Å². The van der Waals surface area contributed by atoms with Crippen molar-refractivity contribution in [3.8, 4) is 5.75 Å². The number of thioether (sulfide) groups is 1. The molecule has 1 atom stereocenters. The van der Waals surface area contributed by atoms with Gasteiger partial charge in [-0.3, -0.25) is 4.79 Å². The van der Waals surface area contributed by atoms with Crippen molar-refractivity contribution in [1.29, 1.82) is 0 Å². The number of ether oxygens (including phenoxy) is 1. The predicted octanol–water partition coefficient (Wildman–Crippen LogP) is 3.07. The maximum atomic E-state index is 12.0. The van der Waals surface area contributed by atoms with Gasteiger partial charge in [-0.15, -0.1) is 0 Å². The highest BCUT2D eigenvalue weighted by Gasteiger charge is 2.16. The summed E-state index contributed by atoms with van der Waals surface area (Å²) in [4.78, 5) is 12.0. The Bertz CT molecular complexity index is 535. The Kier molecular flexibility index (Phi) is 5.67. The number of amides is 1. The maximum Gasteiger partial charge on any atom is 0.280 e. The third-order valence-corrected chi connectivity index (χ3v) is 4.61. The third kappa shape index (κ3) is 4.49. The molecule has 114 valence electrons. The number of rotatable bonds is 4. The summed E-state index contributed by atoms with van der Waals surface area (Å²) in [5.74, 6) is 2.72. The lowest BCUT2D eigenvalue weighted by molar-refractivity contribution is -0.127. The molecule has 0 aliphatic carbocycles. The van der Waals surface area contributed by atoms with E-state index in [9.17, 15) is 4.79 Å². The fourth-order valence-corrected chi connectivity index (χ4v) is 3.00. The van der Waals surface area contributed by atoms with Crippen LogP contribution >= 0.6 is 11.8 Å². The summed E-state index contributed by atoms with van der Waals surface area (Å²) >= 11 is 1.93. The minimum absolute atomic E-state index is 0.207. The average Bonchev–Trinajstić information content (AvgIpc) is 2.50. The van der Waals surface area contributed by atoms with Crippen LogP contribution in [-0.2, 0) is 4.79 Å². The number of hydrogen-bond donors (Lipinski definition) is 1. The Balaban J connectivity index is 1.91. The first kappa shape index (κ1) is 15.9. The molecule has 1 aliphatic rings. The van der Waals surface area contributed by atoms with Crippen molar-refractivity contribution in [3.05, 3.63) is 29.3 Å². The number of carbonyl (C=O) groups excluding carboxylic acids is 1. The van der Waals surface area contributed by atoms with Crippen LogP contribution in [0.15, 0.2) is 23.3 Å². The lowest BCUT2D eigenvalue weighted by Gasteiger charge is -2.17. The summed E-state index contributed by atoms with van der Waals surface area (Å²) in [7, 11) is 0. The van der Waals surface area contributed by atoms with Crippen LogP contribution in [0, 0.1) is 13.8 Å². The Morgan fingerprint density at radius 3 is 2.76 bits per heavy atom. The zero-order valence-corrected chi connectivity index (χ0v) is 13.6. The molecule has 1 heterocycles. The van der Waals surface area contributed by atoms with E-state index in [1.807, 2.05) is 43.8 Å². The molecule has 1 N–H and O–H groups in total. The van der Waals surface area contributed by atoms with Crippen LogP contribution in [0.5, 0.6) is 5.75 Å². The van der Waals surface area contributed by atoms with Crippen molar-refractivity contribution in [1.82, 2.24) is 5.43 Å². The van der Waals surface area contributed by atoms with Gasteiger partial charge in [0, 0.05) is 5.71 Å². The molecule has 0 bridgehead atoms. The second kappa shape index (κ2) is 7.50. The highest BCUT2D eigenvalue weighted by molar-refractivity contribution is 7.99. The van der Waals surface area contributed by atoms with Crippen molar-refractivity contribution >= 4 is 23.4 Å². The summed E-state index contributed by atoms with van der Waals surface area (Å²) in [5, 5.41) is 4.21. The van der Waals surface area contributed by atoms with Gasteiger partial charge < -0.3 is 4.74 Å². The van der Waals surface area contributed by atoms with Crippen LogP contribution in [0.4, 0.5) is 0 Å². The molecule has 21 heavy (non-hydrogen) atoms. The molecule has 1 fully saturated rings. The number of aryl methyl sites for hydroxylation is 1. The van der Waals surface area contributed by atoms with E-state index in [0.29, 0.717) is 0 Å². The first-order valence-electron chi connectivity index (χ1n) is 7.24. The monoisotopic (exact) mass is 306 g/mol. The molecular formula is C16H22N2O2S. The van der Waals surface area contributed by atoms with Crippen LogP contribution in [0.25, 0.3) is 0 Å². The van der Waals surface area contributed by atoms with Gasteiger partial charge >= 0.3 is 0 Å². The van der Waals surface area contributed by atoms with Crippen molar-refractivity contribution < 1.29 is 9.53 Å². The molecule has 1 saturated heterocycles. The molecule has 5 heteroatoms. The van der Waals surface area contributed by atoms with Crippen LogP contribution in [0.3, 0.4) is 0 Å². The van der Waals surface area contributed by atoms with Gasteiger partial charge in [-0.05, 0) is 62.3 Å². The van der Waals surface area contributed by atoms with Gasteiger partial charge in [0.1, 0.15) is 5.75 Å². The Hall–Kier alpha value is -1.49. The molecule has 1 amide bonds. The molecule has 0 saturated carbocycles. The molecule has 2 rings (SSSR count). The number of carbonyl (C=O) groups is 1. The van der Waals surface area contributed by atoms with Gasteiger partial charge in [0.15, 0.2) is 6.10 Å². The topological polar surface area (TPSA) is 50.7 Å². The van der Waals surface area contributed by atoms with Crippen LogP contribution < -0.4 is 10.2 Å². The smallest absolute Gasteiger partial charge is 0.280 e.